The minimum absolute atomic E-state index is 0.110. The number of aromatic nitrogens is 2. The van der Waals surface area contributed by atoms with Crippen molar-refractivity contribution in [3.05, 3.63) is 83.7 Å². The van der Waals surface area contributed by atoms with E-state index < -0.39 is 12.5 Å². The van der Waals surface area contributed by atoms with Gasteiger partial charge in [0.05, 0.1) is 11.0 Å². The number of carbonyl (C=O) groups is 1. The van der Waals surface area contributed by atoms with Crippen LogP contribution in [0, 0.1) is 0 Å². The third-order valence-corrected chi connectivity index (χ3v) is 6.51. The largest absolute Gasteiger partial charge is 0.489 e. The molecule has 0 bridgehead atoms. The van der Waals surface area contributed by atoms with Gasteiger partial charge >= 0.3 is 6.61 Å². The zero-order valence-corrected chi connectivity index (χ0v) is 20.3. The van der Waals surface area contributed by atoms with Gasteiger partial charge in [0.15, 0.2) is 0 Å². The highest BCUT2D eigenvalue weighted by Crippen LogP contribution is 2.26. The first-order valence-corrected chi connectivity index (χ1v) is 12.3. The molecule has 3 aromatic carbocycles. The Morgan fingerprint density at radius 1 is 0.973 bits per heavy atom. The third kappa shape index (κ3) is 5.89. The number of halogens is 2. The van der Waals surface area contributed by atoms with Crippen molar-refractivity contribution in [3.8, 4) is 17.2 Å². The minimum Gasteiger partial charge on any atom is -0.489 e. The molecular formula is C28H28F2N4O3. The highest BCUT2D eigenvalue weighted by atomic mass is 19.3. The first-order valence-electron chi connectivity index (χ1n) is 12.3. The van der Waals surface area contributed by atoms with E-state index in [0.717, 1.165) is 54.2 Å². The van der Waals surface area contributed by atoms with Gasteiger partial charge in [-0.2, -0.15) is 8.78 Å². The number of ether oxygens (including phenoxy) is 2. The van der Waals surface area contributed by atoms with E-state index in [4.69, 9.17) is 15.5 Å². The lowest BCUT2D eigenvalue weighted by Gasteiger charge is -2.15. The Morgan fingerprint density at radius 3 is 2.35 bits per heavy atom. The molecule has 1 saturated heterocycles. The Labute approximate surface area is 213 Å². The van der Waals surface area contributed by atoms with Crippen LogP contribution >= 0.6 is 0 Å². The summed E-state index contributed by atoms with van der Waals surface area (Å²) in [5.74, 6) is 1.23. The van der Waals surface area contributed by atoms with E-state index in [1.54, 1.807) is 24.3 Å². The summed E-state index contributed by atoms with van der Waals surface area (Å²) in [7, 11) is 0. The summed E-state index contributed by atoms with van der Waals surface area (Å²) >= 11 is 0. The number of primary amides is 1. The van der Waals surface area contributed by atoms with Crippen molar-refractivity contribution >= 4 is 16.9 Å². The molecule has 0 aliphatic carbocycles. The molecule has 2 N–H and O–H groups in total. The maximum absolute atomic E-state index is 12.3. The average Bonchev–Trinajstić information content (AvgIpc) is 3.54. The van der Waals surface area contributed by atoms with Crippen LogP contribution in [0.25, 0.3) is 16.7 Å². The smallest absolute Gasteiger partial charge is 0.387 e. The predicted molar refractivity (Wildman–Crippen MR) is 136 cm³/mol. The first kappa shape index (κ1) is 24.7. The Hall–Kier alpha value is -3.98. The maximum Gasteiger partial charge on any atom is 0.387 e. The zero-order valence-electron chi connectivity index (χ0n) is 20.3. The number of hydrogen-bond donors (Lipinski definition) is 1. The van der Waals surface area contributed by atoms with Crippen LogP contribution in [0.4, 0.5) is 8.78 Å². The van der Waals surface area contributed by atoms with Crippen LogP contribution in [0.2, 0.25) is 0 Å². The Bertz CT molecular complexity index is 1360. The molecule has 4 aromatic rings. The van der Waals surface area contributed by atoms with Gasteiger partial charge in [-0.05, 0) is 86.1 Å². The molecule has 192 valence electrons. The quantitative estimate of drug-likeness (QED) is 0.329. The fourth-order valence-electron chi connectivity index (χ4n) is 4.63. The van der Waals surface area contributed by atoms with Gasteiger partial charge in [-0.3, -0.25) is 9.36 Å². The SMILES string of the molecule is NC(=O)c1ccc2c(c1)nc(CCN1CCCC1)n2-c1ccc(OCc2ccc(OC(F)F)cc2)cc1. The van der Waals surface area contributed by atoms with Crippen molar-refractivity contribution in [2.24, 2.45) is 5.73 Å². The number of fused-ring (bicyclic) bond motifs is 1. The molecule has 9 heteroatoms. The van der Waals surface area contributed by atoms with Gasteiger partial charge in [0, 0.05) is 24.2 Å². The van der Waals surface area contributed by atoms with Crippen molar-refractivity contribution < 1.29 is 23.0 Å². The van der Waals surface area contributed by atoms with Gasteiger partial charge in [-0.15, -0.1) is 0 Å². The average molecular weight is 507 g/mol. The summed E-state index contributed by atoms with van der Waals surface area (Å²) in [6, 6.07) is 19.4. The number of imidazole rings is 1. The van der Waals surface area contributed by atoms with Crippen LogP contribution in [0.15, 0.2) is 66.7 Å². The first-order chi connectivity index (χ1) is 18.0. The van der Waals surface area contributed by atoms with Gasteiger partial charge in [0.25, 0.3) is 0 Å². The van der Waals surface area contributed by atoms with Crippen LogP contribution in [-0.2, 0) is 13.0 Å². The predicted octanol–water partition coefficient (Wildman–Crippen LogP) is 4.94. The molecule has 1 aromatic heterocycles. The molecule has 1 amide bonds. The van der Waals surface area contributed by atoms with E-state index in [2.05, 4.69) is 14.2 Å². The van der Waals surface area contributed by atoms with E-state index in [1.807, 2.05) is 30.3 Å². The molecule has 5 rings (SSSR count). The van der Waals surface area contributed by atoms with Crippen LogP contribution in [0.1, 0.15) is 34.6 Å². The van der Waals surface area contributed by atoms with Crippen molar-refractivity contribution in [2.45, 2.75) is 32.5 Å². The standard InChI is InChI=1S/C28H28F2N4O3/c29-28(30)37-23-8-3-19(4-9-23)18-36-22-10-6-21(7-11-22)34-25-12-5-20(27(31)35)17-24(25)32-26(34)13-16-33-14-1-2-15-33/h3-12,17,28H,1-2,13-16,18H2,(H2,31,35). The molecular weight excluding hydrogens is 478 g/mol. The topological polar surface area (TPSA) is 82.6 Å². The number of hydrogen-bond acceptors (Lipinski definition) is 5. The highest BCUT2D eigenvalue weighted by Gasteiger charge is 2.17. The van der Waals surface area contributed by atoms with Crippen LogP contribution < -0.4 is 15.2 Å². The summed E-state index contributed by atoms with van der Waals surface area (Å²) in [4.78, 5) is 19.0. The summed E-state index contributed by atoms with van der Waals surface area (Å²) in [5.41, 5.74) is 9.32. The lowest BCUT2D eigenvalue weighted by Crippen LogP contribution is -2.23. The molecule has 0 saturated carbocycles. The molecule has 0 atom stereocenters. The normalized spacial score (nSPS) is 13.9. The summed E-state index contributed by atoms with van der Waals surface area (Å²) < 4.78 is 37.0. The summed E-state index contributed by atoms with van der Waals surface area (Å²) in [5, 5.41) is 0. The summed E-state index contributed by atoms with van der Waals surface area (Å²) in [6.07, 6.45) is 3.24. The molecule has 1 aliphatic heterocycles. The van der Waals surface area contributed by atoms with Crippen molar-refractivity contribution in [1.29, 1.82) is 0 Å². The highest BCUT2D eigenvalue weighted by molar-refractivity contribution is 5.96. The number of nitrogens with zero attached hydrogens (tertiary/aromatic N) is 3. The van der Waals surface area contributed by atoms with Gasteiger partial charge in [-0.25, -0.2) is 4.98 Å². The molecule has 37 heavy (non-hydrogen) atoms. The fraction of sp³-hybridized carbons (Fsp3) is 0.286. The zero-order chi connectivity index (χ0) is 25.8. The second kappa shape index (κ2) is 11.0. The van der Waals surface area contributed by atoms with E-state index in [0.29, 0.717) is 17.9 Å². The fourth-order valence-corrected chi connectivity index (χ4v) is 4.63. The number of carbonyl (C=O) groups excluding carboxylic acids is 1. The lowest BCUT2D eigenvalue weighted by atomic mass is 10.2. The molecule has 1 fully saturated rings. The van der Waals surface area contributed by atoms with Crippen molar-refractivity contribution in [1.82, 2.24) is 14.5 Å². The molecule has 0 unspecified atom stereocenters. The van der Waals surface area contributed by atoms with Gasteiger partial charge < -0.3 is 20.1 Å². The van der Waals surface area contributed by atoms with Crippen LogP contribution in [0.3, 0.4) is 0 Å². The van der Waals surface area contributed by atoms with Crippen LogP contribution in [0.5, 0.6) is 11.5 Å². The second-order valence-corrected chi connectivity index (χ2v) is 9.03. The number of rotatable bonds is 10. The van der Waals surface area contributed by atoms with E-state index in [1.165, 1.54) is 25.0 Å². The Balaban J connectivity index is 1.34. The van der Waals surface area contributed by atoms with E-state index in [-0.39, 0.29) is 5.75 Å². The number of likely N-dealkylation sites (tertiary alicyclic amines) is 1. The van der Waals surface area contributed by atoms with Crippen molar-refractivity contribution in [2.75, 3.05) is 19.6 Å². The van der Waals surface area contributed by atoms with E-state index >= 15 is 0 Å². The van der Waals surface area contributed by atoms with Gasteiger partial charge in [0.1, 0.15) is 23.9 Å². The number of nitrogens with two attached hydrogens (primary N) is 1. The molecule has 7 nitrogen and oxygen atoms in total. The Morgan fingerprint density at radius 2 is 1.68 bits per heavy atom. The lowest BCUT2D eigenvalue weighted by molar-refractivity contribution is -0.0498. The van der Waals surface area contributed by atoms with Crippen LogP contribution in [-0.4, -0.2) is 46.6 Å². The maximum atomic E-state index is 12.3. The Kier molecular flexibility index (Phi) is 7.32. The molecule has 0 spiro atoms. The van der Waals surface area contributed by atoms with Gasteiger partial charge in [-0.1, -0.05) is 12.1 Å². The second-order valence-electron chi connectivity index (χ2n) is 9.03. The van der Waals surface area contributed by atoms with Gasteiger partial charge in [0.2, 0.25) is 5.91 Å². The summed E-state index contributed by atoms with van der Waals surface area (Å²) in [6.45, 7) is 0.590. The number of alkyl halides is 2. The van der Waals surface area contributed by atoms with Crippen molar-refractivity contribution in [3.63, 3.8) is 0 Å². The third-order valence-electron chi connectivity index (χ3n) is 6.51. The molecule has 2 heterocycles. The molecule has 1 aliphatic rings. The minimum atomic E-state index is -2.85. The number of amides is 1. The number of benzene rings is 3. The molecule has 0 radical (unpaired) electrons. The monoisotopic (exact) mass is 506 g/mol. The van der Waals surface area contributed by atoms with E-state index in [9.17, 15) is 13.6 Å².